The van der Waals surface area contributed by atoms with Gasteiger partial charge in [-0.2, -0.15) is 0 Å². The number of primary amides is 1. The second kappa shape index (κ2) is 4.08. The minimum atomic E-state index is -0.346. The van der Waals surface area contributed by atoms with Crippen molar-refractivity contribution in [3.63, 3.8) is 0 Å². The summed E-state index contributed by atoms with van der Waals surface area (Å²) in [5.41, 5.74) is 8.03. The summed E-state index contributed by atoms with van der Waals surface area (Å²) in [7, 11) is 0. The van der Waals surface area contributed by atoms with Crippen molar-refractivity contribution in [1.82, 2.24) is 5.32 Å². The van der Waals surface area contributed by atoms with Crippen molar-refractivity contribution in [3.8, 4) is 0 Å². The van der Waals surface area contributed by atoms with Crippen molar-refractivity contribution in [2.75, 3.05) is 6.54 Å². The molecule has 3 heteroatoms. The van der Waals surface area contributed by atoms with Crippen LogP contribution in [0.4, 0.5) is 0 Å². The minimum absolute atomic E-state index is 0.282. The molecule has 0 aliphatic heterocycles. The van der Waals surface area contributed by atoms with E-state index in [0.29, 0.717) is 0 Å². The first kappa shape index (κ1) is 12.4. The third kappa shape index (κ3) is 1.80. The van der Waals surface area contributed by atoms with Gasteiger partial charge in [-0.25, -0.2) is 0 Å². The Bertz CT molecular complexity index is 529. The monoisotopic (exact) mass is 270 g/mol. The van der Waals surface area contributed by atoms with Crippen LogP contribution in [0.3, 0.4) is 0 Å². The number of hydrogen-bond acceptors (Lipinski definition) is 2. The quantitative estimate of drug-likeness (QED) is 0.863. The van der Waals surface area contributed by atoms with E-state index in [2.05, 4.69) is 5.32 Å². The van der Waals surface area contributed by atoms with Crippen molar-refractivity contribution >= 4 is 5.91 Å². The zero-order valence-corrected chi connectivity index (χ0v) is 11.8. The first-order chi connectivity index (χ1) is 9.64. The maximum atomic E-state index is 11.6. The number of rotatable bonds is 5. The Morgan fingerprint density at radius 2 is 1.95 bits per heavy atom. The third-order valence-electron chi connectivity index (χ3n) is 5.92. The van der Waals surface area contributed by atoms with Crippen LogP contribution >= 0.6 is 0 Å². The second-order valence-corrected chi connectivity index (χ2v) is 7.17. The van der Waals surface area contributed by atoms with E-state index in [1.54, 1.807) is 0 Å². The molecule has 3 nitrogen and oxygen atoms in total. The predicted octanol–water partition coefficient (Wildman–Crippen LogP) is 2.38. The van der Waals surface area contributed by atoms with Crippen molar-refractivity contribution in [3.05, 3.63) is 35.9 Å². The fraction of sp³-hybridized carbons (Fsp3) is 0.588. The zero-order valence-electron chi connectivity index (χ0n) is 11.8. The van der Waals surface area contributed by atoms with E-state index in [1.165, 1.54) is 32.1 Å². The molecule has 1 atom stereocenters. The van der Waals surface area contributed by atoms with Crippen LogP contribution in [0.2, 0.25) is 0 Å². The highest BCUT2D eigenvalue weighted by Gasteiger charge is 2.76. The van der Waals surface area contributed by atoms with Gasteiger partial charge in [0, 0.05) is 0 Å². The smallest absolute Gasteiger partial charge is 0.239 e. The first-order valence-corrected chi connectivity index (χ1v) is 7.72. The molecule has 3 aliphatic carbocycles. The Hall–Kier alpha value is -1.35. The van der Waals surface area contributed by atoms with Gasteiger partial charge in [0.05, 0.1) is 0 Å². The highest BCUT2D eigenvalue weighted by Crippen LogP contribution is 2.86. The summed E-state index contributed by atoms with van der Waals surface area (Å²) in [5.74, 6) is 0.454. The van der Waals surface area contributed by atoms with Gasteiger partial charge in [0.2, 0.25) is 5.91 Å². The van der Waals surface area contributed by atoms with E-state index >= 15 is 0 Å². The lowest BCUT2D eigenvalue weighted by atomic mass is 9.69. The number of hydrogen-bond donors (Lipinski definition) is 2. The van der Waals surface area contributed by atoms with Gasteiger partial charge in [0.25, 0.3) is 0 Å². The number of fused-ring (bicyclic) bond motifs is 1. The summed E-state index contributed by atoms with van der Waals surface area (Å²) < 4.78 is 0. The molecule has 2 spiro atoms. The molecule has 1 amide bonds. The molecule has 0 aromatic heterocycles. The van der Waals surface area contributed by atoms with Crippen LogP contribution in [0.25, 0.3) is 0 Å². The van der Waals surface area contributed by atoms with Crippen molar-refractivity contribution < 1.29 is 4.79 Å². The maximum Gasteiger partial charge on any atom is 0.239 e. The molecule has 0 heterocycles. The topological polar surface area (TPSA) is 55.1 Å². The Morgan fingerprint density at radius 3 is 2.50 bits per heavy atom. The highest BCUT2D eigenvalue weighted by molar-refractivity contribution is 5.81. The lowest BCUT2D eigenvalue weighted by molar-refractivity contribution is -0.120. The van der Waals surface area contributed by atoms with Gasteiger partial charge in [-0.05, 0) is 61.0 Å². The third-order valence-corrected chi connectivity index (χ3v) is 5.92. The van der Waals surface area contributed by atoms with E-state index < -0.39 is 0 Å². The molecule has 0 radical (unpaired) electrons. The van der Waals surface area contributed by atoms with Crippen LogP contribution in [0, 0.1) is 16.7 Å². The molecular formula is C17H22N2O. The molecular weight excluding hydrogens is 248 g/mol. The van der Waals surface area contributed by atoms with E-state index in [4.69, 9.17) is 5.73 Å². The van der Waals surface area contributed by atoms with E-state index in [0.717, 1.165) is 28.9 Å². The van der Waals surface area contributed by atoms with Gasteiger partial charge in [-0.15, -0.1) is 0 Å². The van der Waals surface area contributed by atoms with Gasteiger partial charge >= 0.3 is 0 Å². The van der Waals surface area contributed by atoms with Gasteiger partial charge < -0.3 is 11.1 Å². The molecule has 1 aromatic rings. The molecule has 106 valence electrons. The Morgan fingerprint density at radius 1 is 1.25 bits per heavy atom. The molecule has 3 N–H and O–H groups in total. The van der Waals surface area contributed by atoms with E-state index in [1.807, 2.05) is 30.3 Å². The number of nitrogens with one attached hydrogen (secondary N) is 1. The zero-order chi connectivity index (χ0) is 13.8. The summed E-state index contributed by atoms with van der Waals surface area (Å²) in [4.78, 5) is 11.6. The predicted molar refractivity (Wildman–Crippen MR) is 77.8 cm³/mol. The highest BCUT2D eigenvalue weighted by atomic mass is 16.1. The Balaban J connectivity index is 1.33. The molecule has 1 aromatic carbocycles. The Labute approximate surface area is 119 Å². The lowest BCUT2D eigenvalue weighted by Gasteiger charge is -2.38. The van der Waals surface area contributed by atoms with Crippen molar-refractivity contribution in [1.29, 1.82) is 0 Å². The fourth-order valence-corrected chi connectivity index (χ4v) is 4.54. The van der Waals surface area contributed by atoms with Crippen LogP contribution in [0.1, 0.15) is 43.7 Å². The number of benzene rings is 1. The van der Waals surface area contributed by atoms with Crippen LogP contribution in [0.15, 0.2) is 30.3 Å². The van der Waals surface area contributed by atoms with Crippen LogP contribution in [-0.4, -0.2) is 12.5 Å². The SMILES string of the molecule is NC(=O)C(NCC1CC2(C1)CC21CC1)c1ccccc1. The Kier molecular flexibility index (Phi) is 2.53. The normalized spacial score (nSPS) is 33.7. The summed E-state index contributed by atoms with van der Waals surface area (Å²) in [6.45, 7) is 0.917. The van der Waals surface area contributed by atoms with Gasteiger partial charge in [-0.1, -0.05) is 30.3 Å². The number of carbonyl (C=O) groups excluding carboxylic acids is 1. The summed E-state index contributed by atoms with van der Waals surface area (Å²) in [6.07, 6.45) is 7.15. The van der Waals surface area contributed by atoms with Crippen molar-refractivity contribution in [2.24, 2.45) is 22.5 Å². The summed E-state index contributed by atoms with van der Waals surface area (Å²) in [6, 6.07) is 9.44. The van der Waals surface area contributed by atoms with E-state index in [-0.39, 0.29) is 11.9 Å². The maximum absolute atomic E-state index is 11.6. The molecule has 4 rings (SSSR count). The standard InChI is InChI=1S/C17H22N2O/c18-15(20)14(13-4-2-1-3-5-13)19-10-12-8-17(9-12)11-16(17)6-7-16/h1-5,12,14,19H,6-11H2,(H2,18,20). The molecule has 0 bridgehead atoms. The molecule has 3 aliphatic rings. The fourth-order valence-electron chi connectivity index (χ4n) is 4.54. The summed E-state index contributed by atoms with van der Waals surface area (Å²) >= 11 is 0. The van der Waals surface area contributed by atoms with Gasteiger partial charge in [-0.3, -0.25) is 4.79 Å². The van der Waals surface area contributed by atoms with E-state index in [9.17, 15) is 4.79 Å². The molecule has 3 saturated carbocycles. The van der Waals surface area contributed by atoms with Gasteiger partial charge in [0.15, 0.2) is 0 Å². The molecule has 1 unspecified atom stereocenters. The minimum Gasteiger partial charge on any atom is -0.368 e. The average Bonchev–Trinajstić information content (AvgIpc) is 3.29. The average molecular weight is 270 g/mol. The largest absolute Gasteiger partial charge is 0.368 e. The first-order valence-electron chi connectivity index (χ1n) is 7.72. The summed E-state index contributed by atoms with van der Waals surface area (Å²) in [5, 5.41) is 3.38. The number of carbonyl (C=O) groups is 1. The molecule has 0 saturated heterocycles. The number of nitrogens with two attached hydrogens (primary N) is 1. The lowest BCUT2D eigenvalue weighted by Crippen LogP contribution is -2.40. The second-order valence-electron chi connectivity index (χ2n) is 7.17. The van der Waals surface area contributed by atoms with Crippen LogP contribution < -0.4 is 11.1 Å². The van der Waals surface area contributed by atoms with Crippen LogP contribution in [-0.2, 0) is 4.79 Å². The van der Waals surface area contributed by atoms with Crippen LogP contribution in [0.5, 0.6) is 0 Å². The van der Waals surface area contributed by atoms with Gasteiger partial charge in [0.1, 0.15) is 6.04 Å². The molecule has 3 fully saturated rings. The van der Waals surface area contributed by atoms with Crippen molar-refractivity contribution in [2.45, 2.75) is 38.1 Å². The molecule has 20 heavy (non-hydrogen) atoms. The number of amides is 1.